The van der Waals surface area contributed by atoms with E-state index in [1.54, 1.807) is 17.1 Å². The molecule has 4 fully saturated rings. The monoisotopic (exact) mass is 423 g/mol. The van der Waals surface area contributed by atoms with Gasteiger partial charge < -0.3 is 5.11 Å². The summed E-state index contributed by atoms with van der Waals surface area (Å²) < 4.78 is 1.64. The normalized spacial score (nSPS) is 46.5. The van der Waals surface area contributed by atoms with Crippen molar-refractivity contribution in [2.24, 2.45) is 40.4 Å². The molecule has 0 aliphatic heterocycles. The first-order chi connectivity index (χ1) is 14.7. The largest absolute Gasteiger partial charge is 0.390 e. The van der Waals surface area contributed by atoms with Crippen molar-refractivity contribution < 1.29 is 9.90 Å². The second-order valence-corrected chi connectivity index (χ2v) is 12.0. The molecule has 0 aromatic carbocycles. The highest BCUT2D eigenvalue weighted by molar-refractivity contribution is 5.82. The van der Waals surface area contributed by atoms with Crippen LogP contribution in [0.5, 0.6) is 0 Å². The third-order valence-electron chi connectivity index (χ3n) is 10.4. The van der Waals surface area contributed by atoms with E-state index < -0.39 is 5.60 Å². The topological polar surface area (TPSA) is 78.9 Å². The molecular weight excluding hydrogens is 386 g/mol. The first kappa shape index (κ1) is 21.2. The van der Waals surface area contributed by atoms with Gasteiger partial charge in [0.1, 0.15) is 6.07 Å². The fraction of sp³-hybridized carbons (Fsp3) is 0.808. The summed E-state index contributed by atoms with van der Waals surface area (Å²) in [6, 6.07) is 2.10. The van der Waals surface area contributed by atoms with E-state index in [1.165, 1.54) is 25.7 Å². The Bertz CT molecular complexity index is 914. The summed E-state index contributed by atoms with van der Waals surface area (Å²) in [5.74, 6) is 3.16. The van der Waals surface area contributed by atoms with Gasteiger partial charge in [-0.1, -0.05) is 13.8 Å². The molecule has 1 heterocycles. The molecule has 4 aliphatic rings. The highest BCUT2D eigenvalue weighted by Gasteiger charge is 2.62. The highest BCUT2D eigenvalue weighted by atomic mass is 16.3. The van der Waals surface area contributed by atoms with Crippen LogP contribution >= 0.6 is 0 Å². The van der Waals surface area contributed by atoms with E-state index in [4.69, 9.17) is 5.26 Å². The van der Waals surface area contributed by atoms with Crippen molar-refractivity contribution in [1.29, 1.82) is 5.26 Å². The smallest absolute Gasteiger partial charge is 0.157 e. The van der Waals surface area contributed by atoms with Gasteiger partial charge in [0.2, 0.25) is 0 Å². The molecule has 31 heavy (non-hydrogen) atoms. The fourth-order valence-corrected chi connectivity index (χ4v) is 8.84. The van der Waals surface area contributed by atoms with Gasteiger partial charge in [0, 0.05) is 12.1 Å². The number of hydrogen-bond acceptors (Lipinski definition) is 4. The second-order valence-electron chi connectivity index (χ2n) is 12.0. The second kappa shape index (κ2) is 7.17. The van der Waals surface area contributed by atoms with Crippen LogP contribution in [0.4, 0.5) is 0 Å². The van der Waals surface area contributed by atoms with E-state index in [9.17, 15) is 9.90 Å². The van der Waals surface area contributed by atoms with Crippen LogP contribution in [0.1, 0.15) is 84.1 Å². The molecule has 5 rings (SSSR count). The number of ketones is 1. The maximum absolute atomic E-state index is 13.3. The summed E-state index contributed by atoms with van der Waals surface area (Å²) in [5.41, 5.74) is 0.501. The third-order valence-corrected chi connectivity index (χ3v) is 10.4. The lowest BCUT2D eigenvalue weighted by molar-refractivity contribution is -0.153. The number of nitriles is 1. The SMILES string of the molecule is C[C@@]1(O)CC[C@H]2[C@H](CC[C@H]3[C@@H]4CC[C@H](C(=O)Cn5cc(C#N)cn5)[C@@]4(C)CC[C@]23C)C1. The first-order valence-electron chi connectivity index (χ1n) is 12.3. The summed E-state index contributed by atoms with van der Waals surface area (Å²) in [5, 5.41) is 23.9. The summed E-state index contributed by atoms with van der Waals surface area (Å²) in [4.78, 5) is 13.3. The molecule has 1 aromatic heterocycles. The van der Waals surface area contributed by atoms with Gasteiger partial charge in [-0.3, -0.25) is 9.48 Å². The zero-order chi connectivity index (χ0) is 22.0. The Morgan fingerprint density at radius 2 is 1.81 bits per heavy atom. The van der Waals surface area contributed by atoms with Gasteiger partial charge in [-0.05, 0) is 99.2 Å². The van der Waals surface area contributed by atoms with Gasteiger partial charge in [-0.2, -0.15) is 10.4 Å². The van der Waals surface area contributed by atoms with Crippen LogP contribution in [-0.4, -0.2) is 26.3 Å². The minimum atomic E-state index is -0.476. The molecule has 8 atom stereocenters. The maximum atomic E-state index is 13.3. The molecule has 0 amide bonds. The number of rotatable bonds is 3. The molecule has 1 N–H and O–H groups in total. The van der Waals surface area contributed by atoms with Gasteiger partial charge in [-0.15, -0.1) is 0 Å². The van der Waals surface area contributed by atoms with E-state index in [-0.39, 0.29) is 17.9 Å². The summed E-state index contributed by atoms with van der Waals surface area (Å²) in [6.45, 7) is 7.27. The average Bonchev–Trinajstić information content (AvgIpc) is 3.30. The van der Waals surface area contributed by atoms with Gasteiger partial charge in [0.05, 0.1) is 23.9 Å². The number of nitrogens with zero attached hydrogens (tertiary/aromatic N) is 3. The minimum Gasteiger partial charge on any atom is -0.390 e. The summed E-state index contributed by atoms with van der Waals surface area (Å²) in [6.07, 6.45) is 13.3. The van der Waals surface area contributed by atoms with E-state index in [2.05, 4.69) is 25.0 Å². The van der Waals surface area contributed by atoms with E-state index >= 15 is 0 Å². The zero-order valence-corrected chi connectivity index (χ0v) is 19.3. The van der Waals surface area contributed by atoms with Crippen molar-refractivity contribution in [1.82, 2.24) is 9.78 Å². The minimum absolute atomic E-state index is 0.0967. The molecule has 4 saturated carbocycles. The average molecular weight is 424 g/mol. The molecule has 5 nitrogen and oxygen atoms in total. The van der Waals surface area contributed by atoms with Crippen molar-refractivity contribution >= 4 is 5.78 Å². The number of carbonyl (C=O) groups excluding carboxylic acids is 1. The highest BCUT2D eigenvalue weighted by Crippen LogP contribution is 2.69. The number of fused-ring (bicyclic) bond motifs is 5. The standard InChI is InChI=1S/C26H37N3O2/c1-24(31)9-8-19-18(12-24)4-5-20-21-6-7-22(26(21,3)11-10-25(19,20)2)23(30)16-29-15-17(13-27)14-28-29/h14-15,18-22,31H,4-12,16H2,1-3H3/t18-,19+,20+,21+,22-,24-,25-,26+/m1/s1. The quantitative estimate of drug-likeness (QED) is 0.762. The maximum Gasteiger partial charge on any atom is 0.157 e. The first-order valence-corrected chi connectivity index (χ1v) is 12.3. The fourth-order valence-electron chi connectivity index (χ4n) is 8.84. The summed E-state index contributed by atoms with van der Waals surface area (Å²) in [7, 11) is 0. The van der Waals surface area contributed by atoms with Crippen LogP contribution in [0.15, 0.2) is 12.4 Å². The molecule has 4 aliphatic carbocycles. The molecule has 0 bridgehead atoms. The third kappa shape index (κ3) is 3.28. The van der Waals surface area contributed by atoms with Crippen LogP contribution < -0.4 is 0 Å². The van der Waals surface area contributed by atoms with Crippen LogP contribution in [0.25, 0.3) is 0 Å². The van der Waals surface area contributed by atoms with Gasteiger partial charge in [0.25, 0.3) is 0 Å². The van der Waals surface area contributed by atoms with E-state index in [1.807, 2.05) is 6.92 Å². The molecule has 5 heteroatoms. The summed E-state index contributed by atoms with van der Waals surface area (Å²) >= 11 is 0. The van der Waals surface area contributed by atoms with Gasteiger partial charge in [0.15, 0.2) is 5.78 Å². The van der Waals surface area contributed by atoms with Crippen molar-refractivity contribution in [2.45, 2.75) is 90.7 Å². The molecule has 168 valence electrons. The Morgan fingerprint density at radius 3 is 2.55 bits per heavy atom. The number of hydrogen-bond donors (Lipinski definition) is 1. The predicted octanol–water partition coefficient (Wildman–Crippen LogP) is 4.73. The van der Waals surface area contributed by atoms with Crippen molar-refractivity contribution in [3.63, 3.8) is 0 Å². The molecule has 0 radical (unpaired) electrons. The number of Topliss-reactive ketones (excluding diaryl/α,β-unsaturated/α-hetero) is 1. The van der Waals surface area contributed by atoms with E-state index in [0.717, 1.165) is 38.0 Å². The Labute approximate surface area is 186 Å². The number of aliphatic hydroxyl groups is 1. The van der Waals surface area contributed by atoms with Crippen LogP contribution in [0.2, 0.25) is 0 Å². The predicted molar refractivity (Wildman–Crippen MR) is 118 cm³/mol. The zero-order valence-electron chi connectivity index (χ0n) is 19.3. The Hall–Kier alpha value is -1.67. The molecule has 0 spiro atoms. The lowest BCUT2D eigenvalue weighted by Gasteiger charge is -2.62. The van der Waals surface area contributed by atoms with Gasteiger partial charge in [-0.25, -0.2) is 0 Å². The molecule has 0 unspecified atom stereocenters. The molecule has 0 saturated heterocycles. The van der Waals surface area contributed by atoms with Crippen molar-refractivity contribution in [2.75, 3.05) is 0 Å². The van der Waals surface area contributed by atoms with Crippen molar-refractivity contribution in [3.05, 3.63) is 18.0 Å². The Kier molecular flexibility index (Phi) is 4.90. The lowest BCUT2D eigenvalue weighted by Crippen LogP contribution is -2.56. The number of aromatic nitrogens is 2. The molecular formula is C26H37N3O2. The lowest BCUT2D eigenvalue weighted by atomic mass is 9.43. The van der Waals surface area contributed by atoms with Crippen LogP contribution in [-0.2, 0) is 11.3 Å². The Morgan fingerprint density at radius 1 is 1.10 bits per heavy atom. The van der Waals surface area contributed by atoms with Gasteiger partial charge >= 0.3 is 0 Å². The van der Waals surface area contributed by atoms with Crippen molar-refractivity contribution in [3.8, 4) is 6.07 Å². The Balaban J connectivity index is 1.34. The van der Waals surface area contributed by atoms with E-state index in [0.29, 0.717) is 34.5 Å². The molecule has 1 aromatic rings. The number of carbonyl (C=O) groups is 1. The van der Waals surface area contributed by atoms with Crippen LogP contribution in [0, 0.1) is 51.8 Å². The van der Waals surface area contributed by atoms with Crippen LogP contribution in [0.3, 0.4) is 0 Å².